The summed E-state index contributed by atoms with van der Waals surface area (Å²) >= 11 is 1.44. The number of nitrogens with zero attached hydrogens (tertiary/aromatic N) is 2. The van der Waals surface area contributed by atoms with Crippen molar-refractivity contribution < 1.29 is 13.9 Å². The summed E-state index contributed by atoms with van der Waals surface area (Å²) in [5.41, 5.74) is 4.30. The quantitative estimate of drug-likeness (QED) is 0.306. The van der Waals surface area contributed by atoms with Gasteiger partial charge >= 0.3 is 0 Å². The number of rotatable bonds is 4. The zero-order chi connectivity index (χ0) is 24.3. The minimum Gasteiger partial charge on any atom is -0.494 e. The molecule has 3 heterocycles. The SMILES string of the molecule is CCOc1cccc([C@H]2c3c(oc4ccccc4c3=O)C(=O)N2c2nc3c(C)cc(C)cc3s2)c1. The number of ether oxygens (including phenoxy) is 1. The standard InChI is InChI=1S/C28H22N2O4S/c1-4-33-18-9-7-8-17(14-18)24-22-25(31)19-10-5-6-11-20(19)34-26(22)27(32)30(24)28-29-23-16(3)12-15(2)13-21(23)35-28/h5-14,24H,4H2,1-3H3/t24-/m0/s1. The van der Waals surface area contributed by atoms with Crippen molar-refractivity contribution in [3.05, 3.63) is 98.9 Å². The first-order chi connectivity index (χ1) is 17.0. The lowest BCUT2D eigenvalue weighted by Gasteiger charge is -2.23. The molecule has 0 spiro atoms. The smallest absolute Gasteiger partial charge is 0.297 e. The van der Waals surface area contributed by atoms with Crippen LogP contribution in [0.4, 0.5) is 5.13 Å². The number of amides is 1. The summed E-state index contributed by atoms with van der Waals surface area (Å²) in [7, 11) is 0. The predicted molar refractivity (Wildman–Crippen MR) is 138 cm³/mol. The van der Waals surface area contributed by atoms with E-state index in [2.05, 4.69) is 12.1 Å². The first-order valence-electron chi connectivity index (χ1n) is 11.5. The van der Waals surface area contributed by atoms with Gasteiger partial charge < -0.3 is 9.15 Å². The van der Waals surface area contributed by atoms with E-state index < -0.39 is 6.04 Å². The Bertz CT molecular complexity index is 1700. The van der Waals surface area contributed by atoms with Gasteiger partial charge in [0, 0.05) is 0 Å². The molecule has 0 unspecified atom stereocenters. The van der Waals surface area contributed by atoms with E-state index >= 15 is 0 Å². The summed E-state index contributed by atoms with van der Waals surface area (Å²) in [6.07, 6.45) is 0. The van der Waals surface area contributed by atoms with Crippen molar-refractivity contribution in [1.82, 2.24) is 4.98 Å². The lowest BCUT2D eigenvalue weighted by atomic mass is 9.98. The number of carbonyl (C=O) groups is 1. The molecule has 0 radical (unpaired) electrons. The molecule has 35 heavy (non-hydrogen) atoms. The van der Waals surface area contributed by atoms with Crippen LogP contribution in [-0.4, -0.2) is 17.5 Å². The van der Waals surface area contributed by atoms with Crippen molar-refractivity contribution in [1.29, 1.82) is 0 Å². The largest absolute Gasteiger partial charge is 0.494 e. The van der Waals surface area contributed by atoms with Gasteiger partial charge in [-0.1, -0.05) is 41.7 Å². The molecule has 0 N–H and O–H groups in total. The van der Waals surface area contributed by atoms with E-state index in [0.717, 1.165) is 26.9 Å². The van der Waals surface area contributed by atoms with Gasteiger partial charge in [0.15, 0.2) is 10.6 Å². The third-order valence-electron chi connectivity index (χ3n) is 6.29. The van der Waals surface area contributed by atoms with Crippen molar-refractivity contribution in [2.24, 2.45) is 0 Å². The van der Waals surface area contributed by atoms with Gasteiger partial charge in [-0.15, -0.1) is 0 Å². The van der Waals surface area contributed by atoms with Crippen LogP contribution in [0.3, 0.4) is 0 Å². The number of aromatic nitrogens is 1. The van der Waals surface area contributed by atoms with E-state index in [-0.39, 0.29) is 17.1 Å². The summed E-state index contributed by atoms with van der Waals surface area (Å²) < 4.78 is 12.8. The molecule has 1 amide bonds. The van der Waals surface area contributed by atoms with Crippen LogP contribution in [0.15, 0.2) is 69.9 Å². The number of carbonyl (C=O) groups excluding carboxylic acids is 1. The highest BCUT2D eigenvalue weighted by atomic mass is 32.1. The number of para-hydroxylation sites is 1. The molecular weight excluding hydrogens is 460 g/mol. The van der Waals surface area contributed by atoms with Crippen molar-refractivity contribution in [2.45, 2.75) is 26.8 Å². The topological polar surface area (TPSA) is 72.6 Å². The lowest BCUT2D eigenvalue weighted by Crippen LogP contribution is -2.29. The fourth-order valence-electron chi connectivity index (χ4n) is 4.84. The average Bonchev–Trinajstić information content (AvgIpc) is 3.39. The predicted octanol–water partition coefficient (Wildman–Crippen LogP) is 6.17. The molecule has 6 rings (SSSR count). The van der Waals surface area contributed by atoms with E-state index in [4.69, 9.17) is 14.1 Å². The highest BCUT2D eigenvalue weighted by Gasteiger charge is 2.45. The molecule has 0 fully saturated rings. The Kier molecular flexibility index (Phi) is 4.96. The minimum absolute atomic E-state index is 0.0627. The van der Waals surface area contributed by atoms with Crippen molar-refractivity contribution in [3.63, 3.8) is 0 Å². The number of anilines is 1. The van der Waals surface area contributed by atoms with Gasteiger partial charge in [-0.25, -0.2) is 4.98 Å². The molecule has 0 saturated carbocycles. The molecule has 3 aromatic carbocycles. The molecule has 0 aliphatic carbocycles. The molecule has 7 heteroatoms. The first kappa shape index (κ1) is 21.6. The maximum Gasteiger partial charge on any atom is 0.297 e. The van der Waals surface area contributed by atoms with Crippen LogP contribution in [0.25, 0.3) is 21.2 Å². The summed E-state index contributed by atoms with van der Waals surface area (Å²) in [5, 5.41) is 0.975. The summed E-state index contributed by atoms with van der Waals surface area (Å²) in [6.45, 7) is 6.48. The summed E-state index contributed by atoms with van der Waals surface area (Å²) in [4.78, 5) is 34.0. The van der Waals surface area contributed by atoms with E-state index in [0.29, 0.717) is 34.0 Å². The maximum atomic E-state index is 13.8. The van der Waals surface area contributed by atoms with E-state index in [1.165, 1.54) is 11.3 Å². The second-order valence-electron chi connectivity index (χ2n) is 8.68. The summed E-state index contributed by atoms with van der Waals surface area (Å²) in [6, 6.07) is 18.0. The molecule has 2 aromatic heterocycles. The van der Waals surface area contributed by atoms with Gasteiger partial charge in [0.2, 0.25) is 5.76 Å². The molecule has 1 atom stereocenters. The zero-order valence-electron chi connectivity index (χ0n) is 19.5. The Morgan fingerprint density at radius 1 is 1.06 bits per heavy atom. The number of hydrogen-bond donors (Lipinski definition) is 0. The van der Waals surface area contributed by atoms with Gasteiger partial charge in [0.05, 0.1) is 33.8 Å². The third-order valence-corrected chi connectivity index (χ3v) is 7.29. The van der Waals surface area contributed by atoms with Crippen LogP contribution in [-0.2, 0) is 0 Å². The van der Waals surface area contributed by atoms with Crippen LogP contribution in [0, 0.1) is 13.8 Å². The number of benzene rings is 3. The number of hydrogen-bond acceptors (Lipinski definition) is 6. The summed E-state index contributed by atoms with van der Waals surface area (Å²) in [5.74, 6) is 0.363. The number of aryl methyl sites for hydroxylation is 2. The van der Waals surface area contributed by atoms with Crippen LogP contribution >= 0.6 is 11.3 Å². The normalized spacial score (nSPS) is 15.2. The zero-order valence-corrected chi connectivity index (χ0v) is 20.3. The highest BCUT2D eigenvalue weighted by molar-refractivity contribution is 7.22. The minimum atomic E-state index is -0.680. The fraction of sp³-hybridized carbons (Fsp3) is 0.179. The molecule has 5 aromatic rings. The number of fused-ring (bicyclic) bond motifs is 3. The highest BCUT2D eigenvalue weighted by Crippen LogP contribution is 2.44. The van der Waals surface area contributed by atoms with E-state index in [9.17, 15) is 9.59 Å². The monoisotopic (exact) mass is 482 g/mol. The van der Waals surface area contributed by atoms with Gasteiger partial charge in [0.1, 0.15) is 11.3 Å². The second kappa shape index (κ2) is 8.06. The first-order valence-corrected chi connectivity index (χ1v) is 12.3. The fourth-order valence-corrected chi connectivity index (χ4v) is 6.00. The Morgan fingerprint density at radius 2 is 1.89 bits per heavy atom. The van der Waals surface area contributed by atoms with Crippen LogP contribution in [0.2, 0.25) is 0 Å². The van der Waals surface area contributed by atoms with Crippen molar-refractivity contribution in [2.75, 3.05) is 11.5 Å². The molecule has 0 bridgehead atoms. The van der Waals surface area contributed by atoms with Gasteiger partial charge in [0.25, 0.3) is 5.91 Å². The second-order valence-corrected chi connectivity index (χ2v) is 9.69. The lowest BCUT2D eigenvalue weighted by molar-refractivity contribution is 0.0971. The van der Waals surface area contributed by atoms with Crippen LogP contribution < -0.4 is 15.1 Å². The average molecular weight is 483 g/mol. The molecule has 0 saturated heterocycles. The van der Waals surface area contributed by atoms with Crippen molar-refractivity contribution in [3.8, 4) is 5.75 Å². The Hall–Kier alpha value is -3.97. The van der Waals surface area contributed by atoms with Gasteiger partial charge in [-0.05, 0) is 67.8 Å². The van der Waals surface area contributed by atoms with E-state index in [1.807, 2.05) is 45.0 Å². The number of thiazole rings is 1. The third kappa shape index (κ3) is 3.34. The Labute approximate surface area is 205 Å². The van der Waals surface area contributed by atoms with Gasteiger partial charge in [-0.2, -0.15) is 0 Å². The molecule has 1 aliphatic rings. The van der Waals surface area contributed by atoms with Crippen molar-refractivity contribution >= 4 is 43.6 Å². The van der Waals surface area contributed by atoms with E-state index in [1.54, 1.807) is 29.2 Å². The van der Waals surface area contributed by atoms with Crippen LogP contribution in [0.5, 0.6) is 5.75 Å². The molecule has 1 aliphatic heterocycles. The Morgan fingerprint density at radius 3 is 2.71 bits per heavy atom. The molecule has 174 valence electrons. The van der Waals surface area contributed by atoms with Crippen LogP contribution in [0.1, 0.15) is 45.8 Å². The van der Waals surface area contributed by atoms with Gasteiger partial charge in [-0.3, -0.25) is 14.5 Å². The molecule has 6 nitrogen and oxygen atoms in total. The maximum absolute atomic E-state index is 13.8. The Balaban J connectivity index is 1.63. The molecular formula is C28H22N2O4S.